The fourth-order valence-corrected chi connectivity index (χ4v) is 2.20. The van der Waals surface area contributed by atoms with E-state index in [0.717, 1.165) is 9.32 Å². The second kappa shape index (κ2) is 6.60. The van der Waals surface area contributed by atoms with Gasteiger partial charge in [-0.25, -0.2) is 0 Å². The number of nitrogens with zero attached hydrogens (tertiary/aromatic N) is 1. The van der Waals surface area contributed by atoms with Crippen molar-refractivity contribution in [3.8, 4) is 17.2 Å². The molecule has 0 aliphatic rings. The molecule has 1 aromatic heterocycles. The van der Waals surface area contributed by atoms with Gasteiger partial charge >= 0.3 is 0 Å². The standard InChI is InChI=1S/C14H14INO3/c1-17-13-7-8-16-11(14(13)18-2)9-19-12-6-4-3-5-10(12)15/h3-8H,9H2,1-2H3. The van der Waals surface area contributed by atoms with Crippen LogP contribution in [0, 0.1) is 3.57 Å². The number of ether oxygens (including phenoxy) is 3. The van der Waals surface area contributed by atoms with Crippen LogP contribution in [0.1, 0.15) is 5.69 Å². The lowest BCUT2D eigenvalue weighted by Crippen LogP contribution is -2.03. The number of hydrogen-bond acceptors (Lipinski definition) is 4. The molecule has 0 bridgehead atoms. The van der Waals surface area contributed by atoms with Gasteiger partial charge in [0.05, 0.1) is 17.8 Å². The summed E-state index contributed by atoms with van der Waals surface area (Å²) < 4.78 is 17.4. The van der Waals surface area contributed by atoms with Gasteiger partial charge in [-0.05, 0) is 34.7 Å². The van der Waals surface area contributed by atoms with E-state index in [-0.39, 0.29) is 0 Å². The number of hydrogen-bond donors (Lipinski definition) is 0. The van der Waals surface area contributed by atoms with E-state index >= 15 is 0 Å². The molecule has 19 heavy (non-hydrogen) atoms. The maximum Gasteiger partial charge on any atom is 0.185 e. The number of methoxy groups -OCH3 is 2. The van der Waals surface area contributed by atoms with Gasteiger partial charge in [0.15, 0.2) is 11.5 Å². The number of para-hydroxylation sites is 1. The minimum Gasteiger partial charge on any atom is -0.493 e. The van der Waals surface area contributed by atoms with Crippen LogP contribution in [0.2, 0.25) is 0 Å². The molecule has 0 saturated carbocycles. The fourth-order valence-electron chi connectivity index (χ4n) is 1.66. The summed E-state index contributed by atoms with van der Waals surface area (Å²) in [7, 11) is 3.19. The first-order valence-electron chi connectivity index (χ1n) is 5.69. The van der Waals surface area contributed by atoms with Crippen LogP contribution in [0.15, 0.2) is 36.5 Å². The molecule has 0 atom stereocenters. The van der Waals surface area contributed by atoms with Gasteiger partial charge in [-0.15, -0.1) is 0 Å². The van der Waals surface area contributed by atoms with Crippen LogP contribution in [0.25, 0.3) is 0 Å². The summed E-state index contributed by atoms with van der Waals surface area (Å²) >= 11 is 2.23. The van der Waals surface area contributed by atoms with Crippen molar-refractivity contribution in [2.45, 2.75) is 6.61 Å². The molecule has 0 amide bonds. The fraction of sp³-hybridized carbons (Fsp3) is 0.214. The summed E-state index contributed by atoms with van der Waals surface area (Å²) in [5.41, 5.74) is 0.710. The molecule has 4 nitrogen and oxygen atoms in total. The minimum atomic E-state index is 0.334. The van der Waals surface area contributed by atoms with E-state index in [9.17, 15) is 0 Å². The lowest BCUT2D eigenvalue weighted by Gasteiger charge is -2.12. The van der Waals surface area contributed by atoms with Gasteiger partial charge in [0.2, 0.25) is 0 Å². The van der Waals surface area contributed by atoms with Gasteiger partial charge in [-0.2, -0.15) is 0 Å². The van der Waals surface area contributed by atoms with Gasteiger partial charge < -0.3 is 14.2 Å². The lowest BCUT2D eigenvalue weighted by atomic mass is 10.3. The Hall–Kier alpha value is -1.50. The zero-order chi connectivity index (χ0) is 13.7. The van der Waals surface area contributed by atoms with Crippen molar-refractivity contribution in [1.82, 2.24) is 4.98 Å². The van der Waals surface area contributed by atoms with E-state index in [1.807, 2.05) is 24.3 Å². The molecular weight excluding hydrogens is 357 g/mol. The SMILES string of the molecule is COc1ccnc(COc2ccccc2I)c1OC. The maximum atomic E-state index is 5.76. The molecule has 0 aliphatic carbocycles. The van der Waals surface area contributed by atoms with Crippen LogP contribution in [0.4, 0.5) is 0 Å². The lowest BCUT2D eigenvalue weighted by molar-refractivity contribution is 0.283. The van der Waals surface area contributed by atoms with Crippen LogP contribution >= 0.6 is 22.6 Å². The van der Waals surface area contributed by atoms with Crippen molar-refractivity contribution in [3.63, 3.8) is 0 Å². The Morgan fingerprint density at radius 3 is 2.53 bits per heavy atom. The Bertz CT molecular complexity index is 560. The smallest absolute Gasteiger partial charge is 0.185 e. The number of rotatable bonds is 5. The number of benzene rings is 1. The van der Waals surface area contributed by atoms with Crippen LogP contribution in [-0.4, -0.2) is 19.2 Å². The van der Waals surface area contributed by atoms with Gasteiger partial charge in [0.25, 0.3) is 0 Å². The molecule has 1 aromatic carbocycles. The molecule has 2 aromatic rings. The number of halogens is 1. The van der Waals surface area contributed by atoms with Crippen LogP contribution < -0.4 is 14.2 Å². The highest BCUT2D eigenvalue weighted by Crippen LogP contribution is 2.30. The van der Waals surface area contributed by atoms with Gasteiger partial charge in [-0.1, -0.05) is 12.1 Å². The zero-order valence-corrected chi connectivity index (χ0v) is 12.9. The van der Waals surface area contributed by atoms with E-state index in [1.54, 1.807) is 26.5 Å². The molecule has 2 rings (SSSR count). The molecule has 100 valence electrons. The molecule has 0 radical (unpaired) electrons. The maximum absolute atomic E-state index is 5.76. The molecule has 0 spiro atoms. The summed E-state index contributed by atoms with van der Waals surface area (Å²) in [6.07, 6.45) is 1.68. The van der Waals surface area contributed by atoms with Gasteiger partial charge in [-0.3, -0.25) is 4.98 Å². The highest BCUT2D eigenvalue weighted by Gasteiger charge is 2.12. The second-order valence-corrected chi connectivity index (χ2v) is 4.87. The third kappa shape index (κ3) is 3.28. The van der Waals surface area contributed by atoms with E-state index in [1.165, 1.54) is 0 Å². The average Bonchev–Trinajstić information content (AvgIpc) is 2.45. The molecule has 0 fully saturated rings. The zero-order valence-electron chi connectivity index (χ0n) is 10.7. The first-order valence-corrected chi connectivity index (χ1v) is 6.77. The first kappa shape index (κ1) is 13.9. The molecule has 0 aliphatic heterocycles. The van der Waals surface area contributed by atoms with E-state index in [4.69, 9.17) is 14.2 Å². The van der Waals surface area contributed by atoms with Crippen LogP contribution in [0.3, 0.4) is 0 Å². The molecule has 0 N–H and O–H groups in total. The quantitative estimate of drug-likeness (QED) is 0.757. The Balaban J connectivity index is 2.18. The topological polar surface area (TPSA) is 40.6 Å². The van der Waals surface area contributed by atoms with E-state index in [0.29, 0.717) is 23.8 Å². The van der Waals surface area contributed by atoms with Crippen molar-refractivity contribution in [2.75, 3.05) is 14.2 Å². The Morgan fingerprint density at radius 2 is 1.84 bits per heavy atom. The van der Waals surface area contributed by atoms with Crippen LogP contribution in [0.5, 0.6) is 17.2 Å². The summed E-state index contributed by atoms with van der Waals surface area (Å²) in [5, 5.41) is 0. The average molecular weight is 371 g/mol. The Kier molecular flexibility index (Phi) is 4.84. The van der Waals surface area contributed by atoms with E-state index in [2.05, 4.69) is 27.6 Å². The summed E-state index contributed by atoms with van der Waals surface area (Å²) in [5.74, 6) is 2.09. The molecule has 1 heterocycles. The predicted molar refractivity (Wildman–Crippen MR) is 80.8 cm³/mol. The number of aromatic nitrogens is 1. The minimum absolute atomic E-state index is 0.334. The van der Waals surface area contributed by atoms with Gasteiger partial charge in [0, 0.05) is 12.3 Å². The second-order valence-electron chi connectivity index (χ2n) is 3.71. The van der Waals surface area contributed by atoms with Gasteiger partial charge in [0.1, 0.15) is 18.1 Å². The number of pyridine rings is 1. The third-order valence-corrected chi connectivity index (χ3v) is 3.46. The van der Waals surface area contributed by atoms with Crippen molar-refractivity contribution < 1.29 is 14.2 Å². The summed E-state index contributed by atoms with van der Waals surface area (Å²) in [4.78, 5) is 4.27. The van der Waals surface area contributed by atoms with Crippen molar-refractivity contribution >= 4 is 22.6 Å². The summed E-state index contributed by atoms with van der Waals surface area (Å²) in [6.45, 7) is 0.334. The Morgan fingerprint density at radius 1 is 1.05 bits per heavy atom. The van der Waals surface area contributed by atoms with Crippen molar-refractivity contribution in [2.24, 2.45) is 0 Å². The predicted octanol–water partition coefficient (Wildman–Crippen LogP) is 3.28. The Labute approximate surface area is 125 Å². The van der Waals surface area contributed by atoms with E-state index < -0.39 is 0 Å². The largest absolute Gasteiger partial charge is 0.493 e. The summed E-state index contributed by atoms with van der Waals surface area (Å²) in [6, 6.07) is 9.59. The molecule has 0 saturated heterocycles. The molecule has 5 heteroatoms. The molecule has 0 unspecified atom stereocenters. The normalized spacial score (nSPS) is 10.1. The van der Waals surface area contributed by atoms with Crippen LogP contribution in [-0.2, 0) is 6.61 Å². The third-order valence-electron chi connectivity index (χ3n) is 2.57. The highest BCUT2D eigenvalue weighted by atomic mass is 127. The monoisotopic (exact) mass is 371 g/mol. The molecular formula is C14H14INO3. The first-order chi connectivity index (χ1) is 9.26. The van der Waals surface area contributed by atoms with Crippen molar-refractivity contribution in [3.05, 3.63) is 45.8 Å². The highest BCUT2D eigenvalue weighted by molar-refractivity contribution is 14.1. The van der Waals surface area contributed by atoms with Crippen molar-refractivity contribution in [1.29, 1.82) is 0 Å².